The largest absolute Gasteiger partial charge is 0.371 e. The molecule has 0 rings (SSSR count). The van der Waals surface area contributed by atoms with Crippen molar-refractivity contribution in [1.29, 1.82) is 0 Å². The maximum Gasteiger partial charge on any atom is 0.143 e. The second kappa shape index (κ2) is 10.9. The highest BCUT2D eigenvalue weighted by atomic mass is 16.6. The molecule has 0 aliphatic carbocycles. The number of unbranched alkanes of at least 4 members (excludes halogenated alkanes) is 6. The van der Waals surface area contributed by atoms with Crippen LogP contribution in [0.1, 0.15) is 51.9 Å². The van der Waals surface area contributed by atoms with Crippen LogP contribution in [0, 0.1) is 0 Å². The summed E-state index contributed by atoms with van der Waals surface area (Å²) in [6, 6.07) is 0. The van der Waals surface area contributed by atoms with E-state index in [1.165, 1.54) is 38.5 Å². The number of aliphatic hydroxyl groups excluding tert-OH is 1. The monoisotopic (exact) mass is 174 g/mol. The van der Waals surface area contributed by atoms with Gasteiger partial charge in [0, 0.05) is 6.61 Å². The SMILES string of the molecule is CCCCCCCCCOCO. The molecule has 0 aromatic carbocycles. The molecular weight excluding hydrogens is 152 g/mol. The Labute approximate surface area is 75.9 Å². The summed E-state index contributed by atoms with van der Waals surface area (Å²) in [5, 5.41) is 8.32. The third-order valence-corrected chi connectivity index (χ3v) is 1.98. The summed E-state index contributed by atoms with van der Waals surface area (Å²) in [6.07, 6.45) is 9.05. The van der Waals surface area contributed by atoms with Crippen LogP contribution in [0.25, 0.3) is 0 Å². The van der Waals surface area contributed by atoms with E-state index in [-0.39, 0.29) is 6.79 Å². The zero-order valence-electron chi connectivity index (χ0n) is 8.22. The molecule has 0 aliphatic rings. The third kappa shape index (κ3) is 9.92. The Morgan fingerprint density at radius 3 is 2.08 bits per heavy atom. The van der Waals surface area contributed by atoms with Crippen LogP contribution in [0.4, 0.5) is 0 Å². The summed E-state index contributed by atoms with van der Waals surface area (Å²) >= 11 is 0. The first-order valence-corrected chi connectivity index (χ1v) is 5.10. The average molecular weight is 174 g/mol. The van der Waals surface area contributed by atoms with Gasteiger partial charge in [0.2, 0.25) is 0 Å². The maximum atomic E-state index is 8.32. The van der Waals surface area contributed by atoms with Gasteiger partial charge in [-0.3, -0.25) is 0 Å². The lowest BCUT2D eigenvalue weighted by molar-refractivity contribution is -0.00284. The highest BCUT2D eigenvalue weighted by Crippen LogP contribution is 2.06. The summed E-state index contributed by atoms with van der Waals surface area (Å²) in [7, 11) is 0. The van der Waals surface area contributed by atoms with Crippen molar-refractivity contribution in [2.75, 3.05) is 13.4 Å². The van der Waals surface area contributed by atoms with E-state index in [2.05, 4.69) is 6.92 Å². The molecule has 0 saturated carbocycles. The zero-order valence-corrected chi connectivity index (χ0v) is 8.22. The molecule has 0 bridgehead atoms. The van der Waals surface area contributed by atoms with Gasteiger partial charge in [0.05, 0.1) is 0 Å². The lowest BCUT2D eigenvalue weighted by Gasteiger charge is -2.00. The van der Waals surface area contributed by atoms with Crippen LogP contribution in [0.3, 0.4) is 0 Å². The number of aliphatic hydroxyl groups is 1. The van der Waals surface area contributed by atoms with Crippen molar-refractivity contribution in [2.24, 2.45) is 0 Å². The van der Waals surface area contributed by atoms with E-state index < -0.39 is 0 Å². The number of ether oxygens (including phenoxy) is 1. The molecule has 0 fully saturated rings. The van der Waals surface area contributed by atoms with E-state index >= 15 is 0 Å². The Morgan fingerprint density at radius 1 is 0.917 bits per heavy atom. The minimum absolute atomic E-state index is 0.129. The molecule has 0 amide bonds. The van der Waals surface area contributed by atoms with Gasteiger partial charge in [-0.05, 0) is 6.42 Å². The second-order valence-corrected chi connectivity index (χ2v) is 3.16. The molecular formula is C10H22O2. The molecule has 0 unspecified atom stereocenters. The predicted molar refractivity (Wildman–Crippen MR) is 51.0 cm³/mol. The van der Waals surface area contributed by atoms with Gasteiger partial charge in [-0.1, -0.05) is 45.4 Å². The molecule has 1 N–H and O–H groups in total. The molecule has 74 valence electrons. The van der Waals surface area contributed by atoms with E-state index in [1.54, 1.807) is 0 Å². The smallest absolute Gasteiger partial charge is 0.143 e. The van der Waals surface area contributed by atoms with Crippen LogP contribution in [0.2, 0.25) is 0 Å². The van der Waals surface area contributed by atoms with Gasteiger partial charge >= 0.3 is 0 Å². The molecule has 0 radical (unpaired) electrons. The summed E-state index contributed by atoms with van der Waals surface area (Å²) in [5.41, 5.74) is 0. The topological polar surface area (TPSA) is 29.5 Å². The van der Waals surface area contributed by atoms with Gasteiger partial charge in [0.1, 0.15) is 6.79 Å². The van der Waals surface area contributed by atoms with E-state index in [4.69, 9.17) is 9.84 Å². The van der Waals surface area contributed by atoms with Crippen molar-refractivity contribution >= 4 is 0 Å². The molecule has 0 saturated heterocycles. The van der Waals surface area contributed by atoms with Gasteiger partial charge in [-0.25, -0.2) is 0 Å². The van der Waals surface area contributed by atoms with Gasteiger partial charge in [-0.2, -0.15) is 0 Å². The first kappa shape index (κ1) is 11.9. The van der Waals surface area contributed by atoms with Crippen LogP contribution >= 0.6 is 0 Å². The highest BCUT2D eigenvalue weighted by Gasteiger charge is 1.90. The van der Waals surface area contributed by atoms with Crippen molar-refractivity contribution in [3.63, 3.8) is 0 Å². The normalized spacial score (nSPS) is 10.5. The minimum Gasteiger partial charge on any atom is -0.371 e. The van der Waals surface area contributed by atoms with E-state index in [9.17, 15) is 0 Å². The fourth-order valence-electron chi connectivity index (χ4n) is 1.23. The standard InChI is InChI=1S/C10H22O2/c1-2-3-4-5-6-7-8-9-12-10-11/h11H,2-10H2,1H3. The number of hydrogen-bond acceptors (Lipinski definition) is 2. The number of rotatable bonds is 9. The van der Waals surface area contributed by atoms with E-state index in [0.717, 1.165) is 6.42 Å². The van der Waals surface area contributed by atoms with Crippen molar-refractivity contribution in [3.8, 4) is 0 Å². The average Bonchev–Trinajstić information content (AvgIpc) is 2.10. The van der Waals surface area contributed by atoms with Crippen molar-refractivity contribution in [2.45, 2.75) is 51.9 Å². The molecule has 0 spiro atoms. The van der Waals surface area contributed by atoms with Crippen LogP contribution in [0.5, 0.6) is 0 Å². The molecule has 12 heavy (non-hydrogen) atoms. The van der Waals surface area contributed by atoms with E-state index in [0.29, 0.717) is 6.61 Å². The van der Waals surface area contributed by atoms with Gasteiger partial charge in [-0.15, -0.1) is 0 Å². The second-order valence-electron chi connectivity index (χ2n) is 3.16. The Bertz CT molecular complexity index is 64.2. The molecule has 0 aliphatic heterocycles. The fourth-order valence-corrected chi connectivity index (χ4v) is 1.23. The van der Waals surface area contributed by atoms with Crippen LogP contribution in [-0.2, 0) is 4.74 Å². The predicted octanol–water partition coefficient (Wildman–Crippen LogP) is 2.70. The highest BCUT2D eigenvalue weighted by molar-refractivity contribution is 4.44. The lowest BCUT2D eigenvalue weighted by atomic mass is 10.1. The van der Waals surface area contributed by atoms with Gasteiger partial charge in [0.15, 0.2) is 0 Å². The lowest BCUT2D eigenvalue weighted by Crippen LogP contribution is -1.94. The van der Waals surface area contributed by atoms with Crippen molar-refractivity contribution in [1.82, 2.24) is 0 Å². The summed E-state index contributed by atoms with van der Waals surface area (Å²) in [5.74, 6) is 0. The summed E-state index contributed by atoms with van der Waals surface area (Å²) in [4.78, 5) is 0. The maximum absolute atomic E-state index is 8.32. The molecule has 0 atom stereocenters. The first-order chi connectivity index (χ1) is 5.91. The van der Waals surface area contributed by atoms with E-state index in [1.807, 2.05) is 0 Å². The van der Waals surface area contributed by atoms with Crippen LogP contribution in [-0.4, -0.2) is 18.5 Å². The minimum atomic E-state index is -0.129. The summed E-state index contributed by atoms with van der Waals surface area (Å²) in [6.45, 7) is 2.81. The third-order valence-electron chi connectivity index (χ3n) is 1.98. The molecule has 0 heterocycles. The van der Waals surface area contributed by atoms with Crippen molar-refractivity contribution < 1.29 is 9.84 Å². The van der Waals surface area contributed by atoms with Crippen molar-refractivity contribution in [3.05, 3.63) is 0 Å². The number of hydrogen-bond donors (Lipinski definition) is 1. The van der Waals surface area contributed by atoms with Crippen LogP contribution in [0.15, 0.2) is 0 Å². The Balaban J connectivity index is 2.73. The van der Waals surface area contributed by atoms with Crippen LogP contribution < -0.4 is 0 Å². The summed E-state index contributed by atoms with van der Waals surface area (Å²) < 4.78 is 4.82. The molecule has 0 aromatic heterocycles. The fraction of sp³-hybridized carbons (Fsp3) is 1.00. The Hall–Kier alpha value is -0.0800. The zero-order chi connectivity index (χ0) is 9.07. The Morgan fingerprint density at radius 2 is 1.50 bits per heavy atom. The first-order valence-electron chi connectivity index (χ1n) is 5.10. The van der Waals surface area contributed by atoms with Gasteiger partial charge in [0.25, 0.3) is 0 Å². The Kier molecular flexibility index (Phi) is 10.8. The molecule has 0 aromatic rings. The quantitative estimate of drug-likeness (QED) is 0.430. The van der Waals surface area contributed by atoms with Gasteiger partial charge < -0.3 is 9.84 Å². The molecule has 2 heteroatoms. The molecule has 2 nitrogen and oxygen atoms in total.